The number of hydrogen-bond donors (Lipinski definition) is 2. The van der Waals surface area contributed by atoms with Crippen molar-refractivity contribution in [2.45, 2.75) is 62.3 Å². The van der Waals surface area contributed by atoms with Crippen LogP contribution in [0.3, 0.4) is 0 Å². The van der Waals surface area contributed by atoms with E-state index in [1.54, 1.807) is 4.90 Å². The average molecular weight is 602 g/mol. The molecular weight excluding hydrogens is 570 g/mol. The third-order valence-corrected chi connectivity index (χ3v) is 8.39. The molecule has 1 amide bonds. The molecule has 2 heterocycles. The van der Waals surface area contributed by atoms with Crippen molar-refractivity contribution >= 4 is 29.2 Å². The van der Waals surface area contributed by atoms with Gasteiger partial charge >= 0.3 is 6.36 Å². The number of piperidine rings is 1. The summed E-state index contributed by atoms with van der Waals surface area (Å²) in [6, 6.07) is 12.9. The van der Waals surface area contributed by atoms with Crippen molar-refractivity contribution in [3.8, 4) is 5.75 Å². The number of alkyl halides is 3. The van der Waals surface area contributed by atoms with Crippen LogP contribution in [0.25, 0.3) is 5.57 Å². The number of carbonyl (C=O) groups is 1. The second-order valence-electron chi connectivity index (χ2n) is 10.6. The number of allylic oxidation sites excluding steroid dienone is 1. The molecular formula is C31H31F4N3O3S. The number of halogens is 4. The number of nitrogens with zero attached hydrogens (tertiary/aromatic N) is 2. The Morgan fingerprint density at radius 3 is 2.38 bits per heavy atom. The van der Waals surface area contributed by atoms with Crippen LogP contribution < -0.4 is 9.46 Å². The van der Waals surface area contributed by atoms with E-state index >= 15 is 4.39 Å². The number of benzene rings is 2. The molecule has 11 heteroatoms. The zero-order valence-corrected chi connectivity index (χ0v) is 23.8. The number of aliphatic hydroxyl groups excluding tert-OH is 1. The van der Waals surface area contributed by atoms with E-state index in [1.165, 1.54) is 30.3 Å². The van der Waals surface area contributed by atoms with Crippen molar-refractivity contribution in [3.05, 3.63) is 88.9 Å². The Bertz CT molecular complexity index is 1440. The summed E-state index contributed by atoms with van der Waals surface area (Å²) in [6.45, 7) is 2.74. The van der Waals surface area contributed by atoms with Crippen LogP contribution in [0.5, 0.6) is 5.75 Å². The number of aryl methyl sites for hydroxylation is 1. The first kappa shape index (κ1) is 29.9. The maximum Gasteiger partial charge on any atom is 0.573 e. The van der Waals surface area contributed by atoms with Crippen LogP contribution in [-0.2, 0) is 0 Å². The predicted molar refractivity (Wildman–Crippen MR) is 154 cm³/mol. The van der Waals surface area contributed by atoms with Gasteiger partial charge in [-0.2, -0.15) is 0 Å². The zero-order chi connectivity index (χ0) is 29.9. The van der Waals surface area contributed by atoms with Gasteiger partial charge in [-0.3, -0.25) is 4.79 Å². The van der Waals surface area contributed by atoms with E-state index in [0.29, 0.717) is 62.1 Å². The number of aromatic nitrogens is 1. The quantitative estimate of drug-likeness (QED) is 0.216. The summed E-state index contributed by atoms with van der Waals surface area (Å²) in [5.74, 6) is -0.726. The maximum atomic E-state index is 15.6. The molecule has 2 aliphatic rings. The Kier molecular flexibility index (Phi) is 9.08. The van der Waals surface area contributed by atoms with Gasteiger partial charge in [0, 0.05) is 34.7 Å². The van der Waals surface area contributed by atoms with Gasteiger partial charge < -0.3 is 19.5 Å². The molecule has 0 spiro atoms. The molecule has 0 radical (unpaired) electrons. The first-order valence-corrected chi connectivity index (χ1v) is 14.6. The molecule has 222 valence electrons. The number of anilines is 1. The summed E-state index contributed by atoms with van der Waals surface area (Å²) < 4.78 is 60.2. The lowest BCUT2D eigenvalue weighted by atomic mass is 9.82. The van der Waals surface area contributed by atoms with E-state index in [4.69, 9.17) is 0 Å². The van der Waals surface area contributed by atoms with Crippen molar-refractivity contribution in [3.63, 3.8) is 0 Å². The van der Waals surface area contributed by atoms with E-state index in [0.717, 1.165) is 28.2 Å². The van der Waals surface area contributed by atoms with E-state index in [1.807, 2.05) is 37.3 Å². The number of hydrogen-bond acceptors (Lipinski definition) is 6. The fourth-order valence-electron chi connectivity index (χ4n) is 5.42. The molecule has 1 fully saturated rings. The number of ether oxygens (including phenoxy) is 1. The van der Waals surface area contributed by atoms with Crippen molar-refractivity contribution in [2.24, 2.45) is 0 Å². The van der Waals surface area contributed by atoms with Gasteiger partial charge in [-0.15, -0.1) is 13.2 Å². The highest BCUT2D eigenvalue weighted by molar-refractivity contribution is 8.00. The molecule has 1 aliphatic heterocycles. The summed E-state index contributed by atoms with van der Waals surface area (Å²) in [6.07, 6.45) is 0.621. The molecule has 0 saturated carbocycles. The second-order valence-corrected chi connectivity index (χ2v) is 11.4. The van der Waals surface area contributed by atoms with Crippen LogP contribution in [0.1, 0.15) is 65.1 Å². The lowest BCUT2D eigenvalue weighted by Crippen LogP contribution is -2.38. The summed E-state index contributed by atoms with van der Waals surface area (Å²) in [7, 11) is 0. The molecule has 1 aliphatic carbocycles. The first-order valence-electron chi connectivity index (χ1n) is 13.8. The molecule has 1 unspecified atom stereocenters. The van der Waals surface area contributed by atoms with Crippen molar-refractivity contribution < 1.29 is 32.2 Å². The molecule has 3 aromatic rings. The van der Waals surface area contributed by atoms with Gasteiger partial charge in [0.05, 0.1) is 12.3 Å². The highest BCUT2D eigenvalue weighted by Crippen LogP contribution is 2.42. The number of pyridine rings is 1. The molecule has 2 aromatic carbocycles. The van der Waals surface area contributed by atoms with E-state index < -0.39 is 24.0 Å². The number of nitrogens with one attached hydrogen (secondary N) is 1. The molecule has 2 N–H and O–H groups in total. The molecule has 1 atom stereocenters. The Morgan fingerprint density at radius 1 is 1.07 bits per heavy atom. The van der Waals surface area contributed by atoms with Gasteiger partial charge in [0.25, 0.3) is 5.91 Å². The molecule has 0 bridgehead atoms. The highest BCUT2D eigenvalue weighted by atomic mass is 32.2. The van der Waals surface area contributed by atoms with Crippen LogP contribution in [-0.4, -0.2) is 46.5 Å². The molecule has 6 nitrogen and oxygen atoms in total. The topological polar surface area (TPSA) is 74.7 Å². The molecule has 42 heavy (non-hydrogen) atoms. The Morgan fingerprint density at radius 2 is 1.76 bits per heavy atom. The Balaban J connectivity index is 1.35. The van der Waals surface area contributed by atoms with Gasteiger partial charge in [0.1, 0.15) is 17.4 Å². The Hall–Kier alpha value is -3.57. The number of rotatable bonds is 7. The van der Waals surface area contributed by atoms with Gasteiger partial charge in [0.15, 0.2) is 0 Å². The lowest BCUT2D eigenvalue weighted by Gasteiger charge is -2.34. The van der Waals surface area contributed by atoms with Crippen LogP contribution >= 0.6 is 11.9 Å². The van der Waals surface area contributed by atoms with Crippen molar-refractivity contribution in [1.82, 2.24) is 9.88 Å². The molecule has 1 saturated heterocycles. The standard InChI is InChI=1S/C31H31F4N3O3S/c1-19-2-12-25(13-3-19)42-37-29-28(20-4-8-23(39)9-5-20)27(26(32)18-36-29)21-14-16-38(17-15-21)30(40)22-6-10-24(11-7-22)41-31(33,34)35/h2-4,6-7,10-13,18,21,23,39H,5,8-9,14-17H2,1H3,(H,36,37). The van der Waals surface area contributed by atoms with Crippen molar-refractivity contribution in [2.75, 3.05) is 17.8 Å². The fraction of sp³-hybridized carbons (Fsp3) is 0.355. The van der Waals surface area contributed by atoms with Crippen LogP contribution in [0.4, 0.5) is 23.4 Å². The van der Waals surface area contributed by atoms with Crippen LogP contribution in [0.2, 0.25) is 0 Å². The van der Waals surface area contributed by atoms with Gasteiger partial charge in [-0.25, -0.2) is 9.37 Å². The number of carbonyl (C=O) groups excluding carboxylic acids is 1. The normalized spacial score (nSPS) is 18.0. The van der Waals surface area contributed by atoms with Crippen LogP contribution in [0, 0.1) is 12.7 Å². The third-order valence-electron chi connectivity index (χ3n) is 7.59. The third kappa shape index (κ3) is 7.25. The predicted octanol–water partition coefficient (Wildman–Crippen LogP) is 7.49. The second kappa shape index (κ2) is 12.7. The number of aliphatic hydroxyl groups is 1. The highest BCUT2D eigenvalue weighted by Gasteiger charge is 2.33. The average Bonchev–Trinajstić information content (AvgIpc) is 2.97. The van der Waals surface area contributed by atoms with E-state index in [-0.39, 0.29) is 17.4 Å². The number of amides is 1. The zero-order valence-electron chi connectivity index (χ0n) is 23.0. The lowest BCUT2D eigenvalue weighted by molar-refractivity contribution is -0.274. The first-order chi connectivity index (χ1) is 20.1. The summed E-state index contributed by atoms with van der Waals surface area (Å²) in [5.41, 5.74) is 3.61. The summed E-state index contributed by atoms with van der Waals surface area (Å²) in [5, 5.41) is 10.1. The molecule has 1 aromatic heterocycles. The maximum absolute atomic E-state index is 15.6. The van der Waals surface area contributed by atoms with Gasteiger partial charge in [-0.05, 0) is 98.9 Å². The minimum Gasteiger partial charge on any atom is -0.406 e. The van der Waals surface area contributed by atoms with Gasteiger partial charge in [0.2, 0.25) is 0 Å². The van der Waals surface area contributed by atoms with E-state index in [9.17, 15) is 23.1 Å². The van der Waals surface area contributed by atoms with Gasteiger partial charge in [-0.1, -0.05) is 23.8 Å². The minimum atomic E-state index is -4.81. The monoisotopic (exact) mass is 601 g/mol. The fourth-order valence-corrected chi connectivity index (χ4v) is 6.06. The largest absolute Gasteiger partial charge is 0.573 e. The minimum absolute atomic E-state index is 0.174. The Labute approximate surface area is 245 Å². The van der Waals surface area contributed by atoms with Crippen LogP contribution in [0.15, 0.2) is 65.7 Å². The SMILES string of the molecule is Cc1ccc(SNc2ncc(F)c(C3CCN(C(=O)c4ccc(OC(F)(F)F)cc4)CC3)c2C2=CCC(O)CC2)cc1. The molecule has 5 rings (SSSR count). The summed E-state index contributed by atoms with van der Waals surface area (Å²) >= 11 is 1.39. The van der Waals surface area contributed by atoms with E-state index in [2.05, 4.69) is 14.4 Å². The summed E-state index contributed by atoms with van der Waals surface area (Å²) in [4.78, 5) is 20.1. The van der Waals surface area contributed by atoms with Crippen molar-refractivity contribution in [1.29, 1.82) is 0 Å². The number of likely N-dealkylation sites (tertiary alicyclic amines) is 1. The smallest absolute Gasteiger partial charge is 0.406 e.